The van der Waals surface area contributed by atoms with Crippen molar-refractivity contribution in [3.63, 3.8) is 0 Å². The number of halogens is 1. The number of benzene rings is 1. The monoisotopic (exact) mass is 339 g/mol. The molecule has 6 heteroatoms. The summed E-state index contributed by atoms with van der Waals surface area (Å²) in [6.07, 6.45) is 8.61. The van der Waals surface area contributed by atoms with Crippen LogP contribution in [0.2, 0.25) is 5.15 Å². The maximum Gasteiger partial charge on any atom is 0.205 e. The highest BCUT2D eigenvalue weighted by molar-refractivity contribution is 7.15. The highest BCUT2D eigenvalue weighted by Crippen LogP contribution is 2.23. The van der Waals surface area contributed by atoms with E-state index in [1.807, 2.05) is 29.6 Å². The van der Waals surface area contributed by atoms with Crippen molar-refractivity contribution in [1.29, 1.82) is 0 Å². The first kappa shape index (κ1) is 14.1. The fourth-order valence-electron chi connectivity index (χ4n) is 2.50. The lowest BCUT2D eigenvalue weighted by Gasteiger charge is -2.00. The molecule has 0 amide bonds. The second kappa shape index (κ2) is 5.61. The summed E-state index contributed by atoms with van der Waals surface area (Å²) in [5.74, 6) is -0.186. The van der Waals surface area contributed by atoms with Crippen molar-refractivity contribution in [2.24, 2.45) is 0 Å². The molecule has 4 aromatic rings. The number of hydrogen-bond acceptors (Lipinski definition) is 4. The fraction of sp³-hybridized carbons (Fsp3) is 0. The summed E-state index contributed by atoms with van der Waals surface area (Å²) in [7, 11) is 0. The maximum absolute atomic E-state index is 12.5. The number of aromatic nitrogens is 3. The van der Waals surface area contributed by atoms with Crippen LogP contribution in [0, 0.1) is 0 Å². The Balaban J connectivity index is 1.74. The molecular formula is C17H10ClN3OS. The fourth-order valence-corrected chi connectivity index (χ4v) is 3.53. The van der Waals surface area contributed by atoms with Crippen molar-refractivity contribution < 1.29 is 4.79 Å². The second-order valence-corrected chi connectivity index (χ2v) is 6.19. The zero-order chi connectivity index (χ0) is 15.8. The van der Waals surface area contributed by atoms with Gasteiger partial charge in [-0.25, -0.2) is 4.98 Å². The highest BCUT2D eigenvalue weighted by atomic mass is 35.5. The molecule has 0 aliphatic heterocycles. The predicted octanol–water partition coefficient (Wildman–Crippen LogP) is 4.49. The normalized spacial score (nSPS) is 11.7. The number of hydrogen-bond donors (Lipinski definition) is 0. The Kier molecular flexibility index (Phi) is 3.44. The Morgan fingerprint density at radius 3 is 3.04 bits per heavy atom. The van der Waals surface area contributed by atoms with Crippen LogP contribution in [0.5, 0.6) is 0 Å². The average Bonchev–Trinajstić information content (AvgIpc) is 3.12. The first-order valence-electron chi connectivity index (χ1n) is 6.90. The molecule has 4 rings (SSSR count). The Morgan fingerprint density at radius 1 is 1.26 bits per heavy atom. The van der Waals surface area contributed by atoms with Crippen molar-refractivity contribution >= 4 is 50.5 Å². The van der Waals surface area contributed by atoms with E-state index in [0.717, 1.165) is 16.3 Å². The Labute approximate surface area is 140 Å². The second-order valence-electron chi connectivity index (χ2n) is 4.95. The van der Waals surface area contributed by atoms with E-state index in [-0.39, 0.29) is 10.9 Å². The molecule has 0 unspecified atom stereocenters. The van der Waals surface area contributed by atoms with Crippen LogP contribution in [-0.2, 0) is 0 Å². The van der Waals surface area contributed by atoms with Crippen molar-refractivity contribution in [3.05, 3.63) is 70.7 Å². The van der Waals surface area contributed by atoms with Gasteiger partial charge in [-0.05, 0) is 17.5 Å². The number of imidazole rings is 1. The lowest BCUT2D eigenvalue weighted by molar-refractivity contribution is 0.104. The molecule has 1 aromatic carbocycles. The van der Waals surface area contributed by atoms with Gasteiger partial charge < -0.3 is 0 Å². The number of fused-ring (bicyclic) bond motifs is 2. The van der Waals surface area contributed by atoms with E-state index in [0.29, 0.717) is 10.7 Å². The molecule has 0 N–H and O–H groups in total. The van der Waals surface area contributed by atoms with E-state index in [2.05, 4.69) is 9.97 Å². The highest BCUT2D eigenvalue weighted by Gasteiger charge is 2.16. The number of carbonyl (C=O) groups is 1. The van der Waals surface area contributed by atoms with Crippen LogP contribution in [-0.4, -0.2) is 20.2 Å². The number of carbonyl (C=O) groups excluding carboxylic acids is 1. The average molecular weight is 340 g/mol. The zero-order valence-corrected chi connectivity index (χ0v) is 13.4. The molecular weight excluding hydrogens is 330 g/mol. The van der Waals surface area contributed by atoms with Gasteiger partial charge >= 0.3 is 0 Å². The van der Waals surface area contributed by atoms with Gasteiger partial charge in [0.2, 0.25) is 5.78 Å². The third kappa shape index (κ3) is 2.44. The number of allylic oxidation sites excluding steroid dienone is 1. The summed E-state index contributed by atoms with van der Waals surface area (Å²) in [4.78, 5) is 21.6. The first-order valence-corrected chi connectivity index (χ1v) is 8.16. The largest absolute Gasteiger partial charge is 0.287 e. The van der Waals surface area contributed by atoms with Crippen molar-refractivity contribution in [1.82, 2.24) is 14.4 Å². The SMILES string of the molecule is O=C(/C=C/c1cncc2ccccc12)c1c(Cl)nc2sccn12. The zero-order valence-electron chi connectivity index (χ0n) is 11.8. The van der Waals surface area contributed by atoms with E-state index in [4.69, 9.17) is 11.6 Å². The van der Waals surface area contributed by atoms with Gasteiger partial charge in [-0.15, -0.1) is 11.3 Å². The summed E-state index contributed by atoms with van der Waals surface area (Å²) < 4.78 is 1.71. The van der Waals surface area contributed by atoms with E-state index < -0.39 is 0 Å². The third-order valence-electron chi connectivity index (χ3n) is 3.57. The summed E-state index contributed by atoms with van der Waals surface area (Å²) in [6, 6.07) is 7.92. The Morgan fingerprint density at radius 2 is 2.13 bits per heavy atom. The Bertz CT molecular complexity index is 1060. The van der Waals surface area contributed by atoms with Crippen LogP contribution in [0.4, 0.5) is 0 Å². The molecule has 0 radical (unpaired) electrons. The van der Waals surface area contributed by atoms with Crippen molar-refractivity contribution in [2.75, 3.05) is 0 Å². The van der Waals surface area contributed by atoms with Crippen LogP contribution in [0.15, 0.2) is 54.3 Å². The van der Waals surface area contributed by atoms with Gasteiger partial charge in [0.1, 0.15) is 5.69 Å². The molecule has 0 atom stereocenters. The van der Waals surface area contributed by atoms with Crippen LogP contribution >= 0.6 is 22.9 Å². The number of thiazole rings is 1. The van der Waals surface area contributed by atoms with Gasteiger partial charge in [-0.1, -0.05) is 35.9 Å². The van der Waals surface area contributed by atoms with Gasteiger partial charge in [-0.3, -0.25) is 14.2 Å². The topological polar surface area (TPSA) is 47.3 Å². The van der Waals surface area contributed by atoms with Crippen molar-refractivity contribution in [3.8, 4) is 0 Å². The summed E-state index contributed by atoms with van der Waals surface area (Å²) in [5.41, 5.74) is 1.27. The summed E-state index contributed by atoms with van der Waals surface area (Å²) in [6.45, 7) is 0. The van der Waals surface area contributed by atoms with Gasteiger partial charge in [0.25, 0.3) is 0 Å². The quantitative estimate of drug-likeness (QED) is 0.408. The molecule has 0 saturated heterocycles. The predicted molar refractivity (Wildman–Crippen MR) is 93.2 cm³/mol. The molecule has 0 aliphatic rings. The first-order chi connectivity index (χ1) is 11.2. The molecule has 0 aliphatic carbocycles. The van der Waals surface area contributed by atoms with Gasteiger partial charge in [0, 0.05) is 34.9 Å². The van der Waals surface area contributed by atoms with Gasteiger partial charge in [-0.2, -0.15) is 0 Å². The van der Waals surface area contributed by atoms with Crippen LogP contribution < -0.4 is 0 Å². The number of ketones is 1. The third-order valence-corrected chi connectivity index (χ3v) is 4.59. The van der Waals surface area contributed by atoms with E-state index in [1.165, 1.54) is 17.4 Å². The molecule has 3 heterocycles. The minimum atomic E-state index is -0.186. The summed E-state index contributed by atoms with van der Waals surface area (Å²) in [5, 5.41) is 4.17. The molecule has 3 aromatic heterocycles. The van der Waals surface area contributed by atoms with Crippen LogP contribution in [0.25, 0.3) is 21.8 Å². The molecule has 0 fully saturated rings. The molecule has 0 saturated carbocycles. The minimum absolute atomic E-state index is 0.186. The van der Waals surface area contributed by atoms with Crippen LogP contribution in [0.3, 0.4) is 0 Å². The van der Waals surface area contributed by atoms with Crippen LogP contribution in [0.1, 0.15) is 16.1 Å². The Hall–Kier alpha value is -2.50. The molecule has 112 valence electrons. The van der Waals surface area contributed by atoms with Gasteiger partial charge in [0.05, 0.1) is 0 Å². The van der Waals surface area contributed by atoms with E-state index in [1.54, 1.807) is 29.1 Å². The number of nitrogens with zero attached hydrogens (tertiary/aromatic N) is 3. The molecule has 23 heavy (non-hydrogen) atoms. The van der Waals surface area contributed by atoms with Crippen molar-refractivity contribution in [2.45, 2.75) is 0 Å². The lowest BCUT2D eigenvalue weighted by atomic mass is 10.1. The number of pyridine rings is 1. The maximum atomic E-state index is 12.5. The van der Waals surface area contributed by atoms with E-state index >= 15 is 0 Å². The standard InChI is InChI=1S/C17H10ClN3OS/c18-16-15(21-7-8-23-17(21)20-16)14(22)6-5-12-10-19-9-11-3-1-2-4-13(11)12/h1-10H/b6-5+. The summed E-state index contributed by atoms with van der Waals surface area (Å²) >= 11 is 7.53. The lowest BCUT2D eigenvalue weighted by Crippen LogP contribution is -1.99. The smallest absolute Gasteiger partial charge is 0.205 e. The minimum Gasteiger partial charge on any atom is -0.287 e. The number of rotatable bonds is 3. The molecule has 0 bridgehead atoms. The van der Waals surface area contributed by atoms with Gasteiger partial charge in [0.15, 0.2) is 10.1 Å². The molecule has 0 spiro atoms. The molecule has 4 nitrogen and oxygen atoms in total. The van der Waals surface area contributed by atoms with E-state index in [9.17, 15) is 4.79 Å².